The smallest absolute Gasteiger partial charge is 0.119 e. The molecule has 1 aromatic carbocycles. The van der Waals surface area contributed by atoms with E-state index in [-0.39, 0.29) is 0 Å². The number of likely N-dealkylation sites (N-methyl/N-ethyl adjacent to an activating group) is 1. The molecule has 1 aliphatic rings. The molecule has 6 heteroatoms. The summed E-state index contributed by atoms with van der Waals surface area (Å²) >= 11 is 1.81. The molecule has 0 saturated heterocycles. The number of anilines is 1. The summed E-state index contributed by atoms with van der Waals surface area (Å²) in [5.41, 5.74) is 1.05. The molecule has 5 nitrogen and oxygen atoms in total. The van der Waals surface area contributed by atoms with Crippen LogP contribution in [0, 0.1) is 0 Å². The van der Waals surface area contributed by atoms with Crippen LogP contribution >= 0.6 is 11.3 Å². The molecular weight excluding hydrogens is 322 g/mol. The Morgan fingerprint density at radius 2 is 2.08 bits per heavy atom. The van der Waals surface area contributed by atoms with Gasteiger partial charge in [-0.1, -0.05) is 0 Å². The van der Waals surface area contributed by atoms with Crippen molar-refractivity contribution in [2.24, 2.45) is 0 Å². The van der Waals surface area contributed by atoms with E-state index in [0.29, 0.717) is 13.2 Å². The number of rotatable bonds is 9. The molecule has 0 radical (unpaired) electrons. The zero-order valence-electron chi connectivity index (χ0n) is 14.2. The Balaban J connectivity index is 1.43. The minimum atomic E-state index is -0.482. The lowest BCUT2D eigenvalue weighted by atomic mass is 10.3. The molecule has 1 aliphatic carbocycles. The summed E-state index contributed by atoms with van der Waals surface area (Å²) in [5.74, 6) is 1.50. The highest BCUT2D eigenvalue weighted by atomic mass is 32.1. The summed E-state index contributed by atoms with van der Waals surface area (Å²) in [6, 6.07) is 7.84. The number of hydrogen-bond donors (Lipinski definition) is 2. The van der Waals surface area contributed by atoms with Gasteiger partial charge in [-0.3, -0.25) is 0 Å². The molecule has 0 amide bonds. The molecule has 1 saturated carbocycles. The number of hydrogen-bond acceptors (Lipinski definition) is 6. The van der Waals surface area contributed by atoms with Gasteiger partial charge in [-0.25, -0.2) is 4.98 Å². The molecule has 1 fully saturated rings. The fourth-order valence-electron chi connectivity index (χ4n) is 2.45. The number of thiazole rings is 1. The van der Waals surface area contributed by atoms with Crippen molar-refractivity contribution in [3.63, 3.8) is 0 Å². The van der Waals surface area contributed by atoms with Gasteiger partial charge in [-0.05, 0) is 51.2 Å². The van der Waals surface area contributed by atoms with E-state index >= 15 is 0 Å². The maximum atomic E-state index is 9.81. The molecule has 2 N–H and O–H groups in total. The topological polar surface area (TPSA) is 57.6 Å². The second-order valence-corrected chi connectivity index (χ2v) is 7.69. The van der Waals surface area contributed by atoms with Gasteiger partial charge in [-0.15, -0.1) is 11.3 Å². The molecule has 0 aliphatic heterocycles. The monoisotopic (exact) mass is 347 g/mol. The molecule has 2 aromatic rings. The summed E-state index contributed by atoms with van der Waals surface area (Å²) in [5, 5.41) is 14.5. The van der Waals surface area contributed by atoms with Crippen LogP contribution in [0.25, 0.3) is 0 Å². The van der Waals surface area contributed by atoms with Gasteiger partial charge in [0.2, 0.25) is 0 Å². The summed E-state index contributed by atoms with van der Waals surface area (Å²) in [6.45, 7) is 1.69. The zero-order chi connectivity index (χ0) is 16.9. The molecule has 3 rings (SSSR count). The Morgan fingerprint density at radius 1 is 1.33 bits per heavy atom. The lowest BCUT2D eigenvalue weighted by Crippen LogP contribution is -2.30. The van der Waals surface area contributed by atoms with Crippen LogP contribution in [0.1, 0.15) is 28.6 Å². The molecule has 130 valence electrons. The Hall–Kier alpha value is -1.63. The average Bonchev–Trinajstić information content (AvgIpc) is 3.30. The highest BCUT2D eigenvalue weighted by molar-refractivity contribution is 7.11. The summed E-state index contributed by atoms with van der Waals surface area (Å²) < 4.78 is 5.61. The van der Waals surface area contributed by atoms with Gasteiger partial charge in [0.15, 0.2) is 0 Å². The third-order valence-electron chi connectivity index (χ3n) is 3.84. The van der Waals surface area contributed by atoms with Crippen molar-refractivity contribution in [3.05, 3.63) is 40.3 Å². The van der Waals surface area contributed by atoms with E-state index in [1.165, 1.54) is 22.7 Å². The highest BCUT2D eigenvalue weighted by Gasteiger charge is 2.26. The van der Waals surface area contributed by atoms with E-state index in [1.807, 2.05) is 60.8 Å². The fourth-order valence-corrected chi connectivity index (χ4v) is 3.47. The van der Waals surface area contributed by atoms with Crippen LogP contribution in [0.4, 0.5) is 5.69 Å². The van der Waals surface area contributed by atoms with Crippen molar-refractivity contribution >= 4 is 17.0 Å². The predicted molar refractivity (Wildman–Crippen MR) is 97.9 cm³/mol. The number of benzene rings is 1. The van der Waals surface area contributed by atoms with E-state index in [9.17, 15) is 5.11 Å². The molecule has 1 aromatic heterocycles. The molecule has 1 heterocycles. The van der Waals surface area contributed by atoms with E-state index in [1.54, 1.807) is 0 Å². The standard InChI is InChI=1S/C18H25N3O2S/c1-21(2)11-15(22)12-23-16-7-5-14(6-8-16)19-9-17-10-20-18(24-17)13-3-4-13/h5-8,10,13,15,19,22H,3-4,9,11-12H2,1-2H3. The molecule has 0 spiro atoms. The van der Waals surface area contributed by atoms with Gasteiger partial charge in [0.1, 0.15) is 18.5 Å². The fraction of sp³-hybridized carbons (Fsp3) is 0.500. The van der Waals surface area contributed by atoms with Crippen molar-refractivity contribution in [3.8, 4) is 5.75 Å². The zero-order valence-corrected chi connectivity index (χ0v) is 15.1. The quantitative estimate of drug-likeness (QED) is 0.730. The number of aliphatic hydroxyl groups excluding tert-OH is 1. The van der Waals surface area contributed by atoms with Gasteiger partial charge >= 0.3 is 0 Å². The first-order valence-electron chi connectivity index (χ1n) is 8.34. The van der Waals surface area contributed by atoms with E-state index < -0.39 is 6.10 Å². The predicted octanol–water partition coefficient (Wildman–Crippen LogP) is 2.93. The van der Waals surface area contributed by atoms with Crippen molar-refractivity contribution in [1.82, 2.24) is 9.88 Å². The van der Waals surface area contributed by atoms with E-state index in [4.69, 9.17) is 4.74 Å². The highest BCUT2D eigenvalue weighted by Crippen LogP contribution is 2.41. The van der Waals surface area contributed by atoms with Crippen LogP contribution in [0.5, 0.6) is 5.75 Å². The van der Waals surface area contributed by atoms with Crippen molar-refractivity contribution in [2.75, 3.05) is 32.6 Å². The Labute approximate surface area is 147 Å². The maximum absolute atomic E-state index is 9.81. The van der Waals surface area contributed by atoms with Crippen molar-refractivity contribution in [2.45, 2.75) is 31.4 Å². The van der Waals surface area contributed by atoms with Crippen LogP contribution < -0.4 is 10.1 Å². The second-order valence-electron chi connectivity index (χ2n) is 6.54. The number of aromatic nitrogens is 1. The lowest BCUT2D eigenvalue weighted by molar-refractivity contribution is 0.0831. The minimum absolute atomic E-state index is 0.301. The first-order valence-corrected chi connectivity index (χ1v) is 9.16. The molecule has 1 unspecified atom stereocenters. The third kappa shape index (κ3) is 5.19. The van der Waals surface area contributed by atoms with Gasteiger partial charge in [0.05, 0.1) is 11.6 Å². The SMILES string of the molecule is CN(C)CC(O)COc1ccc(NCc2cnc(C3CC3)s2)cc1. The van der Waals surface area contributed by atoms with Gasteiger partial charge in [-0.2, -0.15) is 0 Å². The van der Waals surface area contributed by atoms with Crippen molar-refractivity contribution < 1.29 is 9.84 Å². The van der Waals surface area contributed by atoms with Crippen LogP contribution in [0.3, 0.4) is 0 Å². The summed E-state index contributed by atoms with van der Waals surface area (Å²) in [7, 11) is 3.86. The second kappa shape index (κ2) is 7.96. The van der Waals surface area contributed by atoms with Gasteiger partial charge in [0, 0.05) is 29.2 Å². The number of nitrogens with one attached hydrogen (secondary N) is 1. The Morgan fingerprint density at radius 3 is 2.75 bits per heavy atom. The maximum Gasteiger partial charge on any atom is 0.119 e. The average molecular weight is 347 g/mol. The molecule has 0 bridgehead atoms. The molecular formula is C18H25N3O2S. The van der Waals surface area contributed by atoms with Crippen LogP contribution in [0.2, 0.25) is 0 Å². The van der Waals surface area contributed by atoms with Gasteiger partial charge in [0.25, 0.3) is 0 Å². The van der Waals surface area contributed by atoms with E-state index in [0.717, 1.165) is 23.9 Å². The number of ether oxygens (including phenoxy) is 1. The van der Waals surface area contributed by atoms with Crippen LogP contribution in [0.15, 0.2) is 30.5 Å². The first-order chi connectivity index (χ1) is 11.6. The Kier molecular flexibility index (Phi) is 5.71. The normalized spacial score (nSPS) is 15.5. The molecule has 24 heavy (non-hydrogen) atoms. The number of nitrogens with zero attached hydrogens (tertiary/aromatic N) is 2. The van der Waals surface area contributed by atoms with Crippen molar-refractivity contribution in [1.29, 1.82) is 0 Å². The Bertz CT molecular complexity index is 638. The first kappa shape index (κ1) is 17.2. The lowest BCUT2D eigenvalue weighted by Gasteiger charge is -2.16. The van der Waals surface area contributed by atoms with E-state index in [2.05, 4.69) is 10.3 Å². The third-order valence-corrected chi connectivity index (χ3v) is 5.00. The largest absolute Gasteiger partial charge is 0.491 e. The molecule has 1 atom stereocenters. The number of aliphatic hydroxyl groups is 1. The van der Waals surface area contributed by atoms with Gasteiger partial charge < -0.3 is 20.1 Å². The van der Waals surface area contributed by atoms with Crippen LogP contribution in [-0.4, -0.2) is 48.3 Å². The summed E-state index contributed by atoms with van der Waals surface area (Å²) in [4.78, 5) is 7.70. The minimum Gasteiger partial charge on any atom is -0.491 e. The van der Waals surface area contributed by atoms with Crippen LogP contribution in [-0.2, 0) is 6.54 Å². The summed E-state index contributed by atoms with van der Waals surface area (Å²) in [6.07, 6.45) is 4.09.